The van der Waals surface area contributed by atoms with E-state index < -0.39 is 5.91 Å². The lowest BCUT2D eigenvalue weighted by Gasteiger charge is -2.14. The van der Waals surface area contributed by atoms with E-state index in [1.54, 1.807) is 6.07 Å². The third kappa shape index (κ3) is 11.5. The van der Waals surface area contributed by atoms with Gasteiger partial charge in [0.05, 0.1) is 33.7 Å². The van der Waals surface area contributed by atoms with Crippen molar-refractivity contribution in [1.82, 2.24) is 9.97 Å². The van der Waals surface area contributed by atoms with Gasteiger partial charge in [0.2, 0.25) is 0 Å². The fourth-order valence-electron chi connectivity index (χ4n) is 10.7. The average Bonchev–Trinajstić information content (AvgIpc) is 2.12. The fraction of sp³-hybridized carbons (Fsp3) is 0.0822. The maximum absolute atomic E-state index is 13.4. The molecule has 0 unspecified atom stereocenters. The monoisotopic (exact) mass is 1110 g/mol. The van der Waals surface area contributed by atoms with Crippen molar-refractivity contribution < 1.29 is 19.8 Å². The Morgan fingerprint density at radius 1 is 0.518 bits per heavy atom. The number of aryl methyl sites for hydroxylation is 3. The van der Waals surface area contributed by atoms with Crippen LogP contribution in [0.25, 0.3) is 83.4 Å². The Kier molecular flexibility index (Phi) is 15.6. The number of fused-ring (bicyclic) bond motifs is 10. The zero-order valence-corrected chi connectivity index (χ0v) is 47.4. The van der Waals surface area contributed by atoms with Gasteiger partial charge in [0.15, 0.2) is 5.75 Å². The number of para-hydroxylation sites is 4. The van der Waals surface area contributed by atoms with Gasteiger partial charge in [-0.05, 0) is 126 Å². The van der Waals surface area contributed by atoms with Crippen molar-refractivity contribution in [2.24, 2.45) is 20.5 Å². The van der Waals surface area contributed by atoms with E-state index >= 15 is 0 Å². The van der Waals surface area contributed by atoms with Crippen LogP contribution in [0.4, 0.5) is 34.1 Å². The molecule has 0 aliphatic carbocycles. The van der Waals surface area contributed by atoms with E-state index in [-0.39, 0.29) is 29.4 Å². The summed E-state index contributed by atoms with van der Waals surface area (Å²) in [5.41, 5.74) is 17.6. The number of hydrogen-bond acceptors (Lipinski definition) is 9. The summed E-state index contributed by atoms with van der Waals surface area (Å²) in [6.07, 6.45) is 9.02. The molecular formula is C73H60N8O4. The van der Waals surface area contributed by atoms with E-state index in [1.807, 2.05) is 166 Å². The molecule has 0 aliphatic rings. The Hall–Kier alpha value is -11.0. The lowest BCUT2D eigenvalue weighted by atomic mass is 10.00. The Labute approximate surface area is 491 Å². The van der Waals surface area contributed by atoms with Gasteiger partial charge in [-0.3, -0.25) is 15.1 Å². The quantitative estimate of drug-likeness (QED) is 0.0361. The number of carbonyl (C=O) groups excluding carboxylic acids is 1. The summed E-state index contributed by atoms with van der Waals surface area (Å²) in [4.78, 5) is 26.4. The highest BCUT2D eigenvalue weighted by Gasteiger charge is 2.23. The normalized spacial score (nSPS) is 11.9. The second kappa shape index (κ2) is 24.3. The summed E-state index contributed by atoms with van der Waals surface area (Å²) in [6, 6.07) is 67.5. The standard InChI is InChI=1S/C40H34N4O2.C33H26N4O2/c1-3-29-8-4-6-10-35(29)44-46-25-31-24-30-20-23-34-33-9-5-7-11-36(33)41-38(34)37(30)39(40(31)45)43-42-32-21-18-28(19-22-32)17-16-27-14-12-26(2)13-15-27;1-3-8-21-13-16-23(17-14-21)36-37-31-29-22(15-18-25-24-10-5-7-12-28(24)34-30(25)29)19-26(32(31)38)33(39)35-27-11-6-4-9-20(27)2/h4-24,41,44-45H,3,25H2,1-2H3;3-19,34,38H,1-2H3,(H,35,39)/b17-16+,43-42?;8-3+,37-36?. The van der Waals surface area contributed by atoms with Crippen molar-refractivity contribution >= 4 is 123 Å². The van der Waals surface area contributed by atoms with Crippen LogP contribution in [0.15, 0.2) is 233 Å². The largest absolute Gasteiger partial charge is 0.505 e. The molecule has 85 heavy (non-hydrogen) atoms. The van der Waals surface area contributed by atoms with Gasteiger partial charge < -0.3 is 25.5 Å². The van der Waals surface area contributed by atoms with Crippen LogP contribution in [0.3, 0.4) is 0 Å². The van der Waals surface area contributed by atoms with Gasteiger partial charge in [0.25, 0.3) is 5.91 Å². The van der Waals surface area contributed by atoms with Crippen LogP contribution < -0.4 is 10.8 Å². The highest BCUT2D eigenvalue weighted by Crippen LogP contribution is 2.46. The first-order chi connectivity index (χ1) is 41.6. The van der Waals surface area contributed by atoms with Crippen LogP contribution in [0.2, 0.25) is 0 Å². The second-order valence-corrected chi connectivity index (χ2v) is 20.9. The molecule has 13 aromatic rings. The van der Waals surface area contributed by atoms with Crippen LogP contribution in [0.1, 0.15) is 63.1 Å². The van der Waals surface area contributed by atoms with Gasteiger partial charge in [-0.2, -0.15) is 10.2 Å². The molecule has 12 heteroatoms. The molecule has 0 aliphatic heterocycles. The van der Waals surface area contributed by atoms with E-state index in [0.29, 0.717) is 33.7 Å². The van der Waals surface area contributed by atoms with Gasteiger partial charge in [0, 0.05) is 54.6 Å². The van der Waals surface area contributed by atoms with Crippen LogP contribution in [0.5, 0.6) is 11.5 Å². The number of phenolic OH excluding ortho intramolecular Hbond substituents is 2. The number of phenols is 2. The molecule has 0 atom stereocenters. The van der Waals surface area contributed by atoms with E-state index in [0.717, 1.165) is 99.7 Å². The zero-order chi connectivity index (χ0) is 58.4. The van der Waals surface area contributed by atoms with Crippen molar-refractivity contribution in [3.8, 4) is 11.5 Å². The number of carbonyl (C=O) groups is 1. The number of hydrogen-bond donors (Lipinski definition) is 6. The Morgan fingerprint density at radius 2 is 1.02 bits per heavy atom. The molecule has 13 rings (SSSR count). The molecule has 1 amide bonds. The summed E-state index contributed by atoms with van der Waals surface area (Å²) in [7, 11) is 0. The molecule has 416 valence electrons. The smallest absolute Gasteiger partial charge is 0.259 e. The average molecular weight is 1110 g/mol. The molecule has 6 N–H and O–H groups in total. The molecule has 2 aromatic heterocycles. The molecule has 0 saturated heterocycles. The number of H-pyrrole nitrogens is 2. The van der Waals surface area contributed by atoms with E-state index in [2.05, 4.69) is 128 Å². The third-order valence-electron chi connectivity index (χ3n) is 15.2. The number of rotatable bonds is 14. The SMILES string of the molecule is C/C=C/c1ccc(N=Nc2c(O)c(C(=O)Nc3ccccc3C)cc3ccc4c5ccccc5[nH]c4c23)cc1.CCc1ccccc1NOCc1cc2ccc3c4ccccc4[nH]c3c2c(N=Nc2ccc(/C=C/c3ccc(C)cc3)cc2)c1O. The first-order valence-electron chi connectivity index (χ1n) is 28.2. The Bertz CT molecular complexity index is 4770. The highest BCUT2D eigenvalue weighted by molar-refractivity contribution is 6.23. The van der Waals surface area contributed by atoms with Crippen LogP contribution in [0, 0.1) is 13.8 Å². The summed E-state index contributed by atoms with van der Waals surface area (Å²) < 4.78 is 0. The third-order valence-corrected chi connectivity index (χ3v) is 15.2. The second-order valence-electron chi connectivity index (χ2n) is 20.9. The molecule has 11 aromatic carbocycles. The number of anilines is 2. The molecule has 12 nitrogen and oxygen atoms in total. The van der Waals surface area contributed by atoms with Gasteiger partial charge in [-0.25, -0.2) is 0 Å². The summed E-state index contributed by atoms with van der Waals surface area (Å²) >= 11 is 0. The minimum absolute atomic E-state index is 0.0330. The number of benzene rings is 11. The lowest BCUT2D eigenvalue weighted by Crippen LogP contribution is -2.13. The van der Waals surface area contributed by atoms with Gasteiger partial charge >= 0.3 is 0 Å². The number of aromatic nitrogens is 2. The van der Waals surface area contributed by atoms with Crippen molar-refractivity contribution in [2.75, 3.05) is 10.8 Å². The van der Waals surface area contributed by atoms with Crippen molar-refractivity contribution in [3.63, 3.8) is 0 Å². The maximum Gasteiger partial charge on any atom is 0.259 e. The van der Waals surface area contributed by atoms with E-state index in [9.17, 15) is 15.0 Å². The number of aromatic amines is 2. The summed E-state index contributed by atoms with van der Waals surface area (Å²) in [5, 5.41) is 51.7. The lowest BCUT2D eigenvalue weighted by molar-refractivity contribution is 0.102. The Balaban J connectivity index is 0.000000169. The molecule has 0 saturated carbocycles. The van der Waals surface area contributed by atoms with Crippen LogP contribution in [-0.2, 0) is 17.9 Å². The van der Waals surface area contributed by atoms with Crippen LogP contribution in [-0.4, -0.2) is 26.1 Å². The van der Waals surface area contributed by atoms with Gasteiger partial charge in [0.1, 0.15) is 23.7 Å². The summed E-state index contributed by atoms with van der Waals surface area (Å²) in [5.74, 6) is -0.618. The topological polar surface area (TPSA) is 172 Å². The zero-order valence-electron chi connectivity index (χ0n) is 47.4. The predicted octanol–water partition coefficient (Wildman–Crippen LogP) is 20.4. The van der Waals surface area contributed by atoms with Gasteiger partial charge in [-0.1, -0.05) is 182 Å². The number of allylic oxidation sites excluding steroid dienone is 1. The number of aromatic hydroxyl groups is 2. The van der Waals surface area contributed by atoms with E-state index in [1.165, 1.54) is 5.56 Å². The molecule has 0 radical (unpaired) electrons. The van der Waals surface area contributed by atoms with E-state index in [4.69, 9.17) is 4.84 Å². The van der Waals surface area contributed by atoms with Crippen molar-refractivity contribution in [3.05, 3.63) is 257 Å². The first-order valence-corrected chi connectivity index (χ1v) is 28.2. The highest BCUT2D eigenvalue weighted by atomic mass is 16.6. The number of nitrogens with zero attached hydrogens (tertiary/aromatic N) is 4. The number of nitrogens with one attached hydrogen (secondary N) is 4. The Morgan fingerprint density at radius 3 is 1.60 bits per heavy atom. The first kappa shape index (κ1) is 54.6. The van der Waals surface area contributed by atoms with Crippen molar-refractivity contribution in [2.45, 2.75) is 40.7 Å². The summed E-state index contributed by atoms with van der Waals surface area (Å²) in [6.45, 7) is 8.21. The maximum atomic E-state index is 13.4. The molecular weight excluding hydrogens is 1050 g/mol. The van der Waals surface area contributed by atoms with Gasteiger partial charge in [-0.15, -0.1) is 10.2 Å². The van der Waals surface area contributed by atoms with Crippen molar-refractivity contribution in [1.29, 1.82) is 0 Å². The van der Waals surface area contributed by atoms with Crippen LogP contribution >= 0.6 is 0 Å². The number of amides is 1. The predicted molar refractivity (Wildman–Crippen MR) is 349 cm³/mol. The fourth-order valence-corrected chi connectivity index (χ4v) is 10.7. The minimum Gasteiger partial charge on any atom is -0.505 e. The molecule has 0 fully saturated rings. The molecule has 0 bridgehead atoms. The minimum atomic E-state index is -0.424. The molecule has 0 spiro atoms. The molecule has 2 heterocycles. The number of azo groups is 2.